The van der Waals surface area contributed by atoms with Crippen LogP contribution in [0.1, 0.15) is 132 Å². The molecule has 2 aromatic rings. The van der Waals surface area contributed by atoms with Crippen LogP contribution in [0.25, 0.3) is 0 Å². The molecule has 268 valence electrons. The molecule has 5 rings (SSSR count). The van der Waals surface area contributed by atoms with Crippen molar-refractivity contribution in [2.75, 3.05) is 27.6 Å². The van der Waals surface area contributed by atoms with E-state index in [1.807, 2.05) is 24.3 Å². The Labute approximate surface area is 292 Å². The minimum Gasteiger partial charge on any atom is -0.493 e. The molecule has 3 aliphatic rings. The zero-order valence-corrected chi connectivity index (χ0v) is 29.9. The highest BCUT2D eigenvalue weighted by Crippen LogP contribution is 2.52. The van der Waals surface area contributed by atoms with E-state index in [4.69, 9.17) is 28.4 Å². The van der Waals surface area contributed by atoms with Crippen molar-refractivity contribution in [2.45, 2.75) is 122 Å². The Bertz CT molecular complexity index is 1390. The maximum atomic E-state index is 13.0. The lowest BCUT2D eigenvalue weighted by Gasteiger charge is -2.34. The van der Waals surface area contributed by atoms with Gasteiger partial charge in [0.2, 0.25) is 12.5 Å². The predicted molar refractivity (Wildman–Crippen MR) is 190 cm³/mol. The molecule has 0 spiro atoms. The molecule has 8 nitrogen and oxygen atoms in total. The third kappa shape index (κ3) is 9.73. The first kappa shape index (κ1) is 36.6. The molecule has 2 aromatic carbocycles. The molecule has 0 N–H and O–H groups in total. The van der Waals surface area contributed by atoms with Crippen molar-refractivity contribution < 1.29 is 38.0 Å². The summed E-state index contributed by atoms with van der Waals surface area (Å²) in [5.41, 5.74) is 2.92. The fourth-order valence-corrected chi connectivity index (χ4v) is 7.54. The molecule has 0 amide bonds. The van der Waals surface area contributed by atoms with Crippen molar-refractivity contribution in [3.8, 4) is 28.7 Å². The summed E-state index contributed by atoms with van der Waals surface area (Å²) in [4.78, 5) is 26.0. The van der Waals surface area contributed by atoms with E-state index >= 15 is 0 Å². The van der Waals surface area contributed by atoms with Crippen LogP contribution in [0.2, 0.25) is 0 Å². The number of cyclic esters (lactones) is 1. The predicted octanol–water partition coefficient (Wildman–Crippen LogP) is 9.63. The average molecular weight is 677 g/mol. The van der Waals surface area contributed by atoms with Gasteiger partial charge in [0.25, 0.3) is 0 Å². The summed E-state index contributed by atoms with van der Waals surface area (Å²) in [5.74, 6) is 1.27. The van der Waals surface area contributed by atoms with Crippen molar-refractivity contribution in [3.05, 3.63) is 53.1 Å². The summed E-state index contributed by atoms with van der Waals surface area (Å²) >= 11 is 0. The lowest BCUT2D eigenvalue weighted by molar-refractivity contribution is -0.141. The molecule has 1 aliphatic carbocycles. The van der Waals surface area contributed by atoms with E-state index in [0.29, 0.717) is 30.3 Å². The Hall–Kier alpha value is -3.68. The Morgan fingerprint density at radius 3 is 2.00 bits per heavy atom. The van der Waals surface area contributed by atoms with Crippen molar-refractivity contribution in [1.82, 2.24) is 0 Å². The van der Waals surface area contributed by atoms with Gasteiger partial charge in [-0.3, -0.25) is 9.59 Å². The van der Waals surface area contributed by atoms with Crippen molar-refractivity contribution in [2.24, 2.45) is 11.8 Å². The number of methoxy groups -OCH3 is 2. The van der Waals surface area contributed by atoms with Gasteiger partial charge >= 0.3 is 11.9 Å². The van der Waals surface area contributed by atoms with Gasteiger partial charge in [-0.2, -0.15) is 0 Å². The van der Waals surface area contributed by atoms with Gasteiger partial charge in [0.05, 0.1) is 26.7 Å². The summed E-state index contributed by atoms with van der Waals surface area (Å²) in [6.45, 7) is 2.83. The molecule has 0 aromatic heterocycles. The second-order valence-corrected chi connectivity index (χ2v) is 13.8. The number of fused-ring (bicyclic) bond motifs is 3. The molecule has 0 unspecified atom stereocenters. The van der Waals surface area contributed by atoms with Crippen molar-refractivity contribution in [3.63, 3.8) is 0 Å². The third-order valence-corrected chi connectivity index (χ3v) is 10.2. The molecule has 2 heterocycles. The highest BCUT2D eigenvalue weighted by atomic mass is 16.7. The molecule has 49 heavy (non-hydrogen) atoms. The van der Waals surface area contributed by atoms with Crippen LogP contribution in [0.4, 0.5) is 0 Å². The number of hydrogen-bond donors (Lipinski definition) is 0. The number of carbonyl (C=O) groups excluding carboxylic acids is 2. The summed E-state index contributed by atoms with van der Waals surface area (Å²) in [6.07, 6.45) is 24.2. The zero-order chi connectivity index (χ0) is 34.4. The van der Waals surface area contributed by atoms with E-state index in [1.54, 1.807) is 14.2 Å². The Morgan fingerprint density at radius 1 is 0.776 bits per heavy atom. The fraction of sp³-hybridized carbons (Fsp3) is 0.610. The highest BCUT2D eigenvalue weighted by molar-refractivity contribution is 5.79. The number of unbranched alkanes of at least 4 members (excludes halogenated alkanes) is 13. The molecule has 1 saturated heterocycles. The van der Waals surface area contributed by atoms with Crippen molar-refractivity contribution >= 4 is 11.9 Å². The summed E-state index contributed by atoms with van der Waals surface area (Å²) in [6, 6.07) is 7.70. The first-order valence-electron chi connectivity index (χ1n) is 18.7. The summed E-state index contributed by atoms with van der Waals surface area (Å²) < 4.78 is 34.2. The first-order valence-corrected chi connectivity index (χ1v) is 18.7. The first-order chi connectivity index (χ1) is 24.0. The van der Waals surface area contributed by atoms with Crippen LogP contribution >= 0.6 is 0 Å². The molecule has 8 heteroatoms. The maximum Gasteiger partial charge on any atom is 0.311 e. The van der Waals surface area contributed by atoms with Gasteiger partial charge < -0.3 is 28.4 Å². The SMILES string of the molecule is CCCCCCCC/C=C\CCCCCCCCCC(=O)Oc1c(OC)cc([C@@H]2c3cc4c(cc3C[C@H]3COC(=O)[C@@H]32)OCO4)cc1OC. The van der Waals surface area contributed by atoms with Crippen LogP contribution in [0, 0.1) is 11.8 Å². The molecule has 2 aliphatic heterocycles. The van der Waals surface area contributed by atoms with E-state index in [9.17, 15) is 9.59 Å². The van der Waals surface area contributed by atoms with E-state index < -0.39 is 0 Å². The largest absolute Gasteiger partial charge is 0.493 e. The Morgan fingerprint density at radius 2 is 1.37 bits per heavy atom. The molecule has 1 fully saturated rings. The number of benzene rings is 2. The average Bonchev–Trinajstić information content (AvgIpc) is 3.73. The second-order valence-electron chi connectivity index (χ2n) is 13.8. The van der Waals surface area contributed by atoms with Crippen LogP contribution in [-0.4, -0.2) is 39.6 Å². The van der Waals surface area contributed by atoms with E-state index in [1.165, 1.54) is 77.0 Å². The van der Waals surface area contributed by atoms with Crippen LogP contribution in [0.15, 0.2) is 36.4 Å². The van der Waals surface area contributed by atoms with Crippen molar-refractivity contribution in [1.29, 1.82) is 0 Å². The minimum absolute atomic E-state index is 0.0431. The van der Waals surface area contributed by atoms with Crippen LogP contribution in [0.3, 0.4) is 0 Å². The summed E-state index contributed by atoms with van der Waals surface area (Å²) in [5, 5.41) is 0. The summed E-state index contributed by atoms with van der Waals surface area (Å²) in [7, 11) is 3.09. The number of allylic oxidation sites excluding steroid dienone is 2. The normalized spacial score (nSPS) is 19.1. The van der Waals surface area contributed by atoms with Gasteiger partial charge in [-0.1, -0.05) is 83.3 Å². The number of esters is 2. The van der Waals surface area contributed by atoms with E-state index in [2.05, 4.69) is 19.1 Å². The highest BCUT2D eigenvalue weighted by Gasteiger charge is 2.48. The van der Waals surface area contributed by atoms with Gasteiger partial charge in [-0.25, -0.2) is 0 Å². The van der Waals surface area contributed by atoms with Gasteiger partial charge in [0, 0.05) is 18.3 Å². The topological polar surface area (TPSA) is 89.5 Å². The standard InChI is InChI=1S/C41H56O8/c1-4-5-6-7-8-9-10-11-12-13-14-15-16-17-18-19-20-21-37(42)49-40-35(44-2)24-30(25-36(40)45-3)38-32-26-34-33(47-28-48-34)23-29(32)22-31-27-46-41(43)39(31)38/h11-12,23-26,31,38-39H,4-10,13-22,27-28H2,1-3H3/b12-11-/t31-,38+,39-/m0/s1. The maximum absolute atomic E-state index is 13.0. The van der Waals surface area contributed by atoms with E-state index in [0.717, 1.165) is 48.1 Å². The van der Waals surface area contributed by atoms with E-state index in [-0.39, 0.29) is 42.2 Å². The monoisotopic (exact) mass is 676 g/mol. The van der Waals surface area contributed by atoms with Gasteiger partial charge in [0.15, 0.2) is 23.0 Å². The quantitative estimate of drug-likeness (QED) is 0.0559. The molecule has 0 bridgehead atoms. The number of carbonyl (C=O) groups is 2. The van der Waals surface area contributed by atoms with Crippen LogP contribution in [-0.2, 0) is 20.7 Å². The number of ether oxygens (including phenoxy) is 6. The molecular formula is C41H56O8. The Balaban J connectivity index is 1.08. The number of hydrogen-bond acceptors (Lipinski definition) is 8. The van der Waals surface area contributed by atoms with Gasteiger partial charge in [0.1, 0.15) is 0 Å². The lowest BCUT2D eigenvalue weighted by atomic mass is 9.67. The molecule has 0 saturated carbocycles. The smallest absolute Gasteiger partial charge is 0.311 e. The lowest BCUT2D eigenvalue weighted by Crippen LogP contribution is -2.31. The minimum atomic E-state index is -0.354. The third-order valence-electron chi connectivity index (χ3n) is 10.2. The van der Waals surface area contributed by atoms with Gasteiger partial charge in [-0.05, 0) is 79.5 Å². The fourth-order valence-electron chi connectivity index (χ4n) is 7.54. The van der Waals surface area contributed by atoms with Crippen LogP contribution < -0.4 is 23.7 Å². The molecule has 3 atom stereocenters. The Kier molecular flexibility index (Phi) is 14.1. The zero-order valence-electron chi connectivity index (χ0n) is 29.9. The van der Waals surface area contributed by atoms with Gasteiger partial charge in [-0.15, -0.1) is 0 Å². The number of rotatable bonds is 21. The second kappa shape index (κ2) is 18.9. The van der Waals surface area contributed by atoms with Crippen LogP contribution in [0.5, 0.6) is 28.7 Å². The molecular weight excluding hydrogens is 620 g/mol. The molecule has 0 radical (unpaired) electrons.